The highest BCUT2D eigenvalue weighted by Crippen LogP contribution is 2.36. The third kappa shape index (κ3) is 6.10. The van der Waals surface area contributed by atoms with E-state index in [4.69, 9.17) is 28.8 Å². The van der Waals surface area contributed by atoms with Crippen LogP contribution in [0.25, 0.3) is 6.08 Å². The molecule has 0 unspecified atom stereocenters. The van der Waals surface area contributed by atoms with Gasteiger partial charge in [-0.1, -0.05) is 17.4 Å². The number of halogens is 1. The highest BCUT2D eigenvalue weighted by molar-refractivity contribution is 14.1. The molecule has 0 spiro atoms. The predicted molar refractivity (Wildman–Crippen MR) is 159 cm³/mol. The maximum absolute atomic E-state index is 13.9. The van der Waals surface area contributed by atoms with Crippen LogP contribution < -0.4 is 33.8 Å². The van der Waals surface area contributed by atoms with Crippen molar-refractivity contribution in [3.8, 4) is 23.0 Å². The number of ether oxygens (including phenoxy) is 5. The van der Waals surface area contributed by atoms with Crippen LogP contribution >= 0.6 is 33.9 Å². The zero-order valence-electron chi connectivity index (χ0n) is 22.8. The van der Waals surface area contributed by atoms with Crippen LogP contribution in [0.2, 0.25) is 0 Å². The summed E-state index contributed by atoms with van der Waals surface area (Å²) in [6.07, 6.45) is 1.69. The molecule has 0 saturated carbocycles. The van der Waals surface area contributed by atoms with Gasteiger partial charge in [-0.05, 0) is 77.9 Å². The Balaban J connectivity index is 1.91. The zero-order valence-corrected chi connectivity index (χ0v) is 25.8. The molecule has 1 aliphatic rings. The van der Waals surface area contributed by atoms with Crippen molar-refractivity contribution in [3.05, 3.63) is 76.0 Å². The summed E-state index contributed by atoms with van der Waals surface area (Å²) in [7, 11) is 4.48. The second-order valence-corrected chi connectivity index (χ2v) is 10.8. The molecule has 2 aromatic carbocycles. The standard InChI is InChI=1S/C28H27IN2O9S/c1-6-39-27(35)23-14(2)30-28-31(24(23)16-7-8-18(36-3)19(12-16)37-4)26(34)21(41-28)11-15-9-17(29)25(20(10-15)38-5)40-13-22(32)33/h7-12,24H,6,13H2,1-5H3,(H,32,33)/b21-11-/t24-/m0/s1. The Labute approximate surface area is 252 Å². The first-order chi connectivity index (χ1) is 19.6. The lowest BCUT2D eigenvalue weighted by Gasteiger charge is -2.25. The Bertz CT molecular complexity index is 1730. The number of hydrogen-bond donors (Lipinski definition) is 1. The molecular weight excluding hydrogens is 667 g/mol. The number of methoxy groups -OCH3 is 3. The molecule has 1 atom stereocenters. The Morgan fingerprint density at radius 2 is 1.80 bits per heavy atom. The van der Waals surface area contributed by atoms with Crippen LogP contribution in [0.1, 0.15) is 31.0 Å². The van der Waals surface area contributed by atoms with E-state index in [-0.39, 0.29) is 23.5 Å². The number of carbonyl (C=O) groups excluding carboxylic acids is 1. The van der Waals surface area contributed by atoms with E-state index in [1.54, 1.807) is 50.3 Å². The van der Waals surface area contributed by atoms with Crippen LogP contribution in [0.15, 0.2) is 51.4 Å². The number of carboxylic acid groups (broad SMARTS) is 1. The van der Waals surface area contributed by atoms with Gasteiger partial charge in [-0.15, -0.1) is 0 Å². The number of esters is 1. The van der Waals surface area contributed by atoms with Crippen molar-refractivity contribution in [1.82, 2.24) is 4.57 Å². The number of aliphatic carboxylic acids is 1. The molecule has 4 rings (SSSR count). The van der Waals surface area contributed by atoms with E-state index in [0.717, 1.165) is 0 Å². The predicted octanol–water partition coefficient (Wildman–Crippen LogP) is 2.89. The largest absolute Gasteiger partial charge is 0.493 e. The number of carbonyl (C=O) groups is 2. The van der Waals surface area contributed by atoms with Gasteiger partial charge in [0.1, 0.15) is 0 Å². The number of carboxylic acids is 1. The van der Waals surface area contributed by atoms with E-state index in [0.29, 0.717) is 47.0 Å². The fourth-order valence-corrected chi connectivity index (χ4v) is 6.21. The van der Waals surface area contributed by atoms with Crippen molar-refractivity contribution in [2.24, 2.45) is 4.99 Å². The van der Waals surface area contributed by atoms with E-state index in [1.807, 2.05) is 22.6 Å². The molecule has 0 aliphatic carbocycles. The Morgan fingerprint density at radius 1 is 1.10 bits per heavy atom. The fraction of sp³-hybridized carbons (Fsp3) is 0.286. The number of aromatic nitrogens is 1. The lowest BCUT2D eigenvalue weighted by Crippen LogP contribution is -2.40. The van der Waals surface area contributed by atoms with Crippen molar-refractivity contribution in [3.63, 3.8) is 0 Å². The summed E-state index contributed by atoms with van der Waals surface area (Å²) < 4.78 is 29.5. The van der Waals surface area contributed by atoms with Gasteiger partial charge in [0.05, 0.1) is 53.4 Å². The maximum Gasteiger partial charge on any atom is 0.341 e. The summed E-state index contributed by atoms with van der Waals surface area (Å²) in [5.41, 5.74) is 1.57. The van der Waals surface area contributed by atoms with Crippen LogP contribution in [0.4, 0.5) is 0 Å². The van der Waals surface area contributed by atoms with Crippen LogP contribution in [-0.2, 0) is 14.3 Å². The molecule has 216 valence electrons. The maximum atomic E-state index is 13.9. The van der Waals surface area contributed by atoms with E-state index in [2.05, 4.69) is 4.99 Å². The van der Waals surface area contributed by atoms with Gasteiger partial charge in [0, 0.05) is 0 Å². The summed E-state index contributed by atoms with van der Waals surface area (Å²) in [5, 5.41) is 8.99. The number of thiazole rings is 1. The molecule has 41 heavy (non-hydrogen) atoms. The highest BCUT2D eigenvalue weighted by atomic mass is 127. The minimum atomic E-state index is -1.12. The number of nitrogens with zero attached hydrogens (tertiary/aromatic N) is 2. The Morgan fingerprint density at radius 3 is 2.44 bits per heavy atom. The van der Waals surface area contributed by atoms with Crippen molar-refractivity contribution < 1.29 is 38.4 Å². The molecule has 0 saturated heterocycles. The zero-order chi connectivity index (χ0) is 29.8. The van der Waals surface area contributed by atoms with Crippen LogP contribution in [-0.4, -0.2) is 56.2 Å². The third-order valence-corrected chi connectivity index (χ3v) is 7.91. The highest BCUT2D eigenvalue weighted by Gasteiger charge is 2.34. The van der Waals surface area contributed by atoms with Crippen LogP contribution in [0, 0.1) is 3.57 Å². The molecule has 0 fully saturated rings. The first-order valence-electron chi connectivity index (χ1n) is 12.3. The van der Waals surface area contributed by atoms with Gasteiger partial charge in [-0.3, -0.25) is 9.36 Å². The second-order valence-electron chi connectivity index (χ2n) is 8.63. The van der Waals surface area contributed by atoms with Gasteiger partial charge < -0.3 is 28.8 Å². The van der Waals surface area contributed by atoms with Crippen molar-refractivity contribution in [1.29, 1.82) is 0 Å². The minimum absolute atomic E-state index is 0.158. The molecule has 11 nitrogen and oxygen atoms in total. The lowest BCUT2D eigenvalue weighted by molar-refractivity contribution is -0.140. The van der Waals surface area contributed by atoms with Gasteiger partial charge >= 0.3 is 11.9 Å². The quantitative estimate of drug-likeness (QED) is 0.251. The molecule has 1 N–H and O–H groups in total. The van der Waals surface area contributed by atoms with Crippen LogP contribution in [0.5, 0.6) is 23.0 Å². The number of allylic oxidation sites excluding steroid dienone is 1. The van der Waals surface area contributed by atoms with Gasteiger partial charge in [0.2, 0.25) is 0 Å². The third-order valence-electron chi connectivity index (χ3n) is 6.13. The fourth-order valence-electron chi connectivity index (χ4n) is 4.38. The van der Waals surface area contributed by atoms with Crippen molar-refractivity contribution >= 4 is 51.9 Å². The number of hydrogen-bond acceptors (Lipinski definition) is 10. The summed E-state index contributed by atoms with van der Waals surface area (Å²) in [4.78, 5) is 43.1. The van der Waals surface area contributed by atoms with Crippen molar-refractivity contribution in [2.45, 2.75) is 19.9 Å². The Hall–Kier alpha value is -3.85. The van der Waals surface area contributed by atoms with Gasteiger partial charge in [0.15, 0.2) is 34.4 Å². The summed E-state index contributed by atoms with van der Waals surface area (Å²) in [6.45, 7) is 3.05. The Kier molecular flexibility index (Phi) is 9.38. The van der Waals surface area contributed by atoms with E-state index in [1.165, 1.54) is 37.2 Å². The molecule has 13 heteroatoms. The van der Waals surface area contributed by atoms with E-state index >= 15 is 0 Å². The summed E-state index contributed by atoms with van der Waals surface area (Å²) in [5.74, 6) is -0.134. The summed E-state index contributed by atoms with van der Waals surface area (Å²) >= 11 is 3.19. The normalized spacial score (nSPS) is 14.7. The lowest BCUT2D eigenvalue weighted by atomic mass is 9.95. The topological polar surface area (TPSA) is 135 Å². The molecule has 1 aliphatic heterocycles. The minimum Gasteiger partial charge on any atom is -0.493 e. The first-order valence-corrected chi connectivity index (χ1v) is 14.2. The van der Waals surface area contributed by atoms with Crippen molar-refractivity contribution in [2.75, 3.05) is 34.5 Å². The number of rotatable bonds is 10. The monoisotopic (exact) mass is 694 g/mol. The molecule has 3 aromatic rings. The molecule has 1 aromatic heterocycles. The molecule has 2 heterocycles. The van der Waals surface area contributed by atoms with Gasteiger partial charge in [0.25, 0.3) is 5.56 Å². The molecule has 0 radical (unpaired) electrons. The average Bonchev–Trinajstić information content (AvgIpc) is 3.24. The molecular formula is C28H27IN2O9S. The van der Waals surface area contributed by atoms with E-state index < -0.39 is 24.6 Å². The smallest absolute Gasteiger partial charge is 0.341 e. The second kappa shape index (κ2) is 12.8. The average molecular weight is 695 g/mol. The number of fused-ring (bicyclic) bond motifs is 1. The molecule has 0 bridgehead atoms. The van der Waals surface area contributed by atoms with Crippen LogP contribution in [0.3, 0.4) is 0 Å². The van der Waals surface area contributed by atoms with E-state index in [9.17, 15) is 14.4 Å². The molecule has 0 amide bonds. The summed E-state index contributed by atoms with van der Waals surface area (Å²) in [6, 6.07) is 7.78. The van der Waals surface area contributed by atoms with Gasteiger partial charge in [-0.2, -0.15) is 0 Å². The van der Waals surface area contributed by atoms with Gasteiger partial charge in [-0.25, -0.2) is 14.6 Å². The SMILES string of the molecule is CCOC(=O)C1=C(C)N=c2s/c(=C\c3cc(I)c(OCC(=O)O)c(OC)c3)c(=O)n2[C@H]1c1ccc(OC)c(OC)c1. The first kappa shape index (κ1) is 30.1. The number of benzene rings is 2.